The number of urea groups is 1. The van der Waals surface area contributed by atoms with Crippen molar-refractivity contribution in [2.75, 3.05) is 19.6 Å². The number of rotatable bonds is 6. The molecule has 1 saturated heterocycles. The molecule has 0 aliphatic carbocycles. The third-order valence-electron chi connectivity index (χ3n) is 5.12. The fourth-order valence-corrected chi connectivity index (χ4v) is 3.55. The molecule has 1 heterocycles. The molecule has 2 aromatic rings. The van der Waals surface area contributed by atoms with E-state index in [1.807, 2.05) is 17.0 Å². The zero-order valence-corrected chi connectivity index (χ0v) is 15.2. The molecular weight excluding hydrogens is 324 g/mol. The number of piperidine rings is 1. The van der Waals surface area contributed by atoms with Gasteiger partial charge in [-0.1, -0.05) is 42.5 Å². The van der Waals surface area contributed by atoms with Gasteiger partial charge in [0.25, 0.3) is 0 Å². The van der Waals surface area contributed by atoms with Crippen molar-refractivity contribution >= 4 is 6.03 Å². The summed E-state index contributed by atoms with van der Waals surface area (Å²) >= 11 is 0. The Morgan fingerprint density at radius 1 is 1.00 bits per heavy atom. The van der Waals surface area contributed by atoms with E-state index < -0.39 is 0 Å². The van der Waals surface area contributed by atoms with Gasteiger partial charge in [0, 0.05) is 19.6 Å². The van der Waals surface area contributed by atoms with Gasteiger partial charge in [0.1, 0.15) is 5.75 Å². The van der Waals surface area contributed by atoms with Crippen molar-refractivity contribution in [2.24, 2.45) is 5.92 Å². The molecule has 0 unspecified atom stereocenters. The van der Waals surface area contributed by atoms with Crippen LogP contribution < -0.4 is 5.32 Å². The van der Waals surface area contributed by atoms with Crippen LogP contribution in [0, 0.1) is 5.92 Å². The first-order chi connectivity index (χ1) is 12.7. The molecule has 1 fully saturated rings. The summed E-state index contributed by atoms with van der Waals surface area (Å²) in [6.45, 7) is 2.38. The smallest absolute Gasteiger partial charge is 0.317 e. The van der Waals surface area contributed by atoms with Crippen molar-refractivity contribution in [3.8, 4) is 5.75 Å². The maximum absolute atomic E-state index is 12.3. The lowest BCUT2D eigenvalue weighted by molar-refractivity contribution is 0.170. The van der Waals surface area contributed by atoms with Gasteiger partial charge in [-0.3, -0.25) is 0 Å². The van der Waals surface area contributed by atoms with E-state index >= 15 is 0 Å². The number of phenols is 1. The molecule has 0 radical (unpaired) electrons. The Labute approximate surface area is 155 Å². The van der Waals surface area contributed by atoms with Gasteiger partial charge < -0.3 is 15.3 Å². The third kappa shape index (κ3) is 5.51. The van der Waals surface area contributed by atoms with Gasteiger partial charge in [0.05, 0.1) is 0 Å². The second-order valence-corrected chi connectivity index (χ2v) is 7.12. The maximum Gasteiger partial charge on any atom is 0.317 e. The first kappa shape index (κ1) is 18.3. The zero-order valence-electron chi connectivity index (χ0n) is 15.2. The van der Waals surface area contributed by atoms with E-state index in [-0.39, 0.29) is 11.8 Å². The first-order valence-corrected chi connectivity index (χ1v) is 9.55. The Morgan fingerprint density at radius 3 is 2.38 bits per heavy atom. The van der Waals surface area contributed by atoms with Gasteiger partial charge in [-0.2, -0.15) is 0 Å². The van der Waals surface area contributed by atoms with Gasteiger partial charge in [-0.25, -0.2) is 4.79 Å². The highest BCUT2D eigenvalue weighted by molar-refractivity contribution is 5.74. The van der Waals surface area contributed by atoms with E-state index in [1.54, 1.807) is 12.1 Å². The molecule has 3 rings (SSSR count). The lowest BCUT2D eigenvalue weighted by atomic mass is 9.90. The molecule has 0 spiro atoms. The highest BCUT2D eigenvalue weighted by Gasteiger charge is 2.22. The van der Waals surface area contributed by atoms with Crippen molar-refractivity contribution in [3.63, 3.8) is 0 Å². The Kier molecular flexibility index (Phi) is 6.53. The number of nitrogens with zero attached hydrogens (tertiary/aromatic N) is 1. The maximum atomic E-state index is 12.3. The number of aromatic hydroxyl groups is 1. The van der Waals surface area contributed by atoms with Crippen LogP contribution in [0.3, 0.4) is 0 Å². The number of carbonyl (C=O) groups is 1. The monoisotopic (exact) mass is 352 g/mol. The minimum Gasteiger partial charge on any atom is -0.508 e. The minimum absolute atomic E-state index is 0.0638. The lowest BCUT2D eigenvalue weighted by Crippen LogP contribution is -2.45. The van der Waals surface area contributed by atoms with Gasteiger partial charge in [0.2, 0.25) is 0 Å². The van der Waals surface area contributed by atoms with Gasteiger partial charge in [-0.05, 0) is 61.3 Å². The Balaban J connectivity index is 1.32. The number of hydrogen-bond acceptors (Lipinski definition) is 2. The third-order valence-corrected chi connectivity index (χ3v) is 5.12. The van der Waals surface area contributed by atoms with Crippen molar-refractivity contribution in [1.29, 1.82) is 0 Å². The molecule has 2 N–H and O–H groups in total. The number of likely N-dealkylation sites (tertiary alicyclic amines) is 1. The van der Waals surface area contributed by atoms with E-state index in [4.69, 9.17) is 0 Å². The average Bonchev–Trinajstić information content (AvgIpc) is 2.68. The van der Waals surface area contributed by atoms with E-state index in [0.29, 0.717) is 12.5 Å². The lowest BCUT2D eigenvalue weighted by Gasteiger charge is -2.32. The van der Waals surface area contributed by atoms with Crippen LogP contribution in [-0.4, -0.2) is 35.7 Å². The summed E-state index contributed by atoms with van der Waals surface area (Å²) in [6, 6.07) is 17.9. The van der Waals surface area contributed by atoms with E-state index in [9.17, 15) is 9.90 Å². The molecule has 26 heavy (non-hydrogen) atoms. The van der Waals surface area contributed by atoms with Crippen LogP contribution in [0.1, 0.15) is 30.4 Å². The van der Waals surface area contributed by atoms with Gasteiger partial charge in [0.15, 0.2) is 0 Å². The summed E-state index contributed by atoms with van der Waals surface area (Å²) in [5.74, 6) is 0.966. The standard InChI is InChI=1S/C22H28N2O2/c25-21-10-8-18(9-11-21)7-4-14-23-22(26)24-15-12-20(13-16-24)17-19-5-2-1-3-6-19/h1-3,5-6,8-11,20,25H,4,7,12-17H2,(H,23,26). The fraction of sp³-hybridized carbons (Fsp3) is 0.409. The van der Waals surface area contributed by atoms with Crippen LogP contribution in [0.2, 0.25) is 0 Å². The number of amides is 2. The van der Waals surface area contributed by atoms with Crippen LogP contribution in [0.25, 0.3) is 0 Å². The van der Waals surface area contributed by atoms with Crippen LogP contribution in [-0.2, 0) is 12.8 Å². The number of hydrogen-bond donors (Lipinski definition) is 2. The molecule has 1 aliphatic rings. The normalized spacial score (nSPS) is 15.0. The van der Waals surface area contributed by atoms with Gasteiger partial charge in [-0.15, -0.1) is 0 Å². The molecule has 4 nitrogen and oxygen atoms in total. The molecule has 1 aliphatic heterocycles. The highest BCUT2D eigenvalue weighted by atomic mass is 16.3. The molecule has 0 atom stereocenters. The molecule has 2 aromatic carbocycles. The Morgan fingerprint density at radius 2 is 1.69 bits per heavy atom. The quantitative estimate of drug-likeness (QED) is 0.773. The molecule has 0 aromatic heterocycles. The second kappa shape index (κ2) is 9.27. The summed E-state index contributed by atoms with van der Waals surface area (Å²) in [4.78, 5) is 14.2. The van der Waals surface area contributed by atoms with Crippen molar-refractivity contribution in [1.82, 2.24) is 10.2 Å². The average molecular weight is 352 g/mol. The number of nitrogens with one attached hydrogen (secondary N) is 1. The largest absolute Gasteiger partial charge is 0.508 e. The summed E-state index contributed by atoms with van der Waals surface area (Å²) in [7, 11) is 0. The fourth-order valence-electron chi connectivity index (χ4n) is 3.55. The molecule has 4 heteroatoms. The molecule has 138 valence electrons. The topological polar surface area (TPSA) is 52.6 Å². The first-order valence-electron chi connectivity index (χ1n) is 9.55. The summed E-state index contributed by atoms with van der Waals surface area (Å²) < 4.78 is 0. The number of aryl methyl sites for hydroxylation is 1. The molecule has 0 saturated carbocycles. The molecular formula is C22H28N2O2. The van der Waals surface area contributed by atoms with E-state index in [2.05, 4.69) is 35.6 Å². The highest BCUT2D eigenvalue weighted by Crippen LogP contribution is 2.21. The predicted octanol–water partition coefficient (Wildman–Crippen LogP) is 3.99. The van der Waals surface area contributed by atoms with E-state index in [0.717, 1.165) is 45.2 Å². The van der Waals surface area contributed by atoms with Crippen molar-refractivity contribution in [3.05, 3.63) is 65.7 Å². The van der Waals surface area contributed by atoms with Crippen LogP contribution in [0.15, 0.2) is 54.6 Å². The molecule has 2 amide bonds. The van der Waals surface area contributed by atoms with Gasteiger partial charge >= 0.3 is 6.03 Å². The summed E-state index contributed by atoms with van der Waals surface area (Å²) in [5.41, 5.74) is 2.57. The van der Waals surface area contributed by atoms with Crippen molar-refractivity contribution in [2.45, 2.75) is 32.1 Å². The summed E-state index contributed by atoms with van der Waals surface area (Å²) in [5, 5.41) is 12.3. The molecule has 0 bridgehead atoms. The Bertz CT molecular complexity index is 677. The second-order valence-electron chi connectivity index (χ2n) is 7.12. The number of benzene rings is 2. The minimum atomic E-state index is 0.0638. The Hall–Kier alpha value is -2.49. The van der Waals surface area contributed by atoms with Crippen LogP contribution in [0.5, 0.6) is 5.75 Å². The van der Waals surface area contributed by atoms with Crippen LogP contribution in [0.4, 0.5) is 4.79 Å². The van der Waals surface area contributed by atoms with Crippen LogP contribution >= 0.6 is 0 Å². The number of carbonyl (C=O) groups excluding carboxylic acids is 1. The van der Waals surface area contributed by atoms with Crippen molar-refractivity contribution < 1.29 is 9.90 Å². The van der Waals surface area contributed by atoms with E-state index in [1.165, 1.54) is 11.1 Å². The summed E-state index contributed by atoms with van der Waals surface area (Å²) in [6.07, 6.45) is 5.08. The SMILES string of the molecule is O=C(NCCCc1ccc(O)cc1)N1CCC(Cc2ccccc2)CC1. The zero-order chi connectivity index (χ0) is 18.2. The predicted molar refractivity (Wildman–Crippen MR) is 104 cm³/mol. The number of phenolic OH excluding ortho intramolecular Hbond substituents is 1.